The van der Waals surface area contributed by atoms with E-state index in [0.29, 0.717) is 25.9 Å². The molecule has 0 spiro atoms. The Kier molecular flexibility index (Phi) is 5.48. The van der Waals surface area contributed by atoms with Crippen LogP contribution in [-0.4, -0.2) is 49.3 Å². The first kappa shape index (κ1) is 20.7. The van der Waals surface area contributed by atoms with Crippen molar-refractivity contribution in [2.24, 2.45) is 0 Å². The largest absolute Gasteiger partial charge is 0.446 e. The predicted molar refractivity (Wildman–Crippen MR) is 106 cm³/mol. The van der Waals surface area contributed by atoms with E-state index in [1.807, 2.05) is 0 Å². The molecule has 0 radical (unpaired) electrons. The van der Waals surface area contributed by atoms with Gasteiger partial charge in [-0.1, -0.05) is 0 Å². The Morgan fingerprint density at radius 3 is 2.53 bits per heavy atom. The molecule has 2 aliphatic rings. The maximum atomic E-state index is 13.7. The third-order valence-corrected chi connectivity index (χ3v) is 6.23. The van der Waals surface area contributed by atoms with Crippen LogP contribution in [0.15, 0.2) is 11.4 Å². The summed E-state index contributed by atoms with van der Waals surface area (Å²) in [4.78, 5) is 30.0. The quantitative estimate of drug-likeness (QED) is 0.757. The Morgan fingerprint density at radius 1 is 1.23 bits per heavy atom. The maximum Gasteiger partial charge on any atom is 0.417 e. The molecule has 1 saturated carbocycles. The molecule has 30 heavy (non-hydrogen) atoms. The molecule has 11 heteroatoms. The zero-order valence-corrected chi connectivity index (χ0v) is 17.0. The van der Waals surface area contributed by atoms with Crippen molar-refractivity contribution in [2.45, 2.75) is 44.0 Å². The zero-order valence-electron chi connectivity index (χ0n) is 16.2. The van der Waals surface area contributed by atoms with Gasteiger partial charge < -0.3 is 20.3 Å². The van der Waals surface area contributed by atoms with Gasteiger partial charge in [-0.15, -0.1) is 11.3 Å². The molecule has 2 aromatic rings. The third kappa shape index (κ3) is 4.30. The van der Waals surface area contributed by atoms with Crippen LogP contribution in [0, 0.1) is 0 Å². The number of carbonyl (C=O) groups excluding carboxylic acids is 2. The van der Waals surface area contributed by atoms with Crippen molar-refractivity contribution < 1.29 is 27.5 Å². The molecule has 3 heterocycles. The number of hydrogen-bond acceptors (Lipinski definition) is 6. The molecule has 2 aromatic heterocycles. The van der Waals surface area contributed by atoms with E-state index >= 15 is 0 Å². The molecular formula is C19H21F3N4O3S. The van der Waals surface area contributed by atoms with Crippen molar-refractivity contribution in [1.29, 1.82) is 0 Å². The molecule has 0 aromatic carbocycles. The van der Waals surface area contributed by atoms with Crippen LogP contribution < -0.4 is 15.5 Å². The van der Waals surface area contributed by atoms with Gasteiger partial charge in [-0.2, -0.15) is 13.2 Å². The zero-order chi connectivity index (χ0) is 21.5. The fourth-order valence-corrected chi connectivity index (χ4v) is 4.48. The molecule has 0 unspecified atom stereocenters. The normalized spacial score (nSPS) is 17.8. The van der Waals surface area contributed by atoms with E-state index < -0.39 is 23.7 Å². The fraction of sp³-hybridized carbons (Fsp3) is 0.526. The Morgan fingerprint density at radius 2 is 1.93 bits per heavy atom. The number of ether oxygens (including phenoxy) is 1. The highest BCUT2D eigenvalue weighted by Crippen LogP contribution is 2.40. The number of anilines is 1. The molecule has 1 aliphatic heterocycles. The number of piperidine rings is 1. The Hall–Kier alpha value is -2.56. The monoisotopic (exact) mass is 442 g/mol. The van der Waals surface area contributed by atoms with Gasteiger partial charge in [0.15, 0.2) is 0 Å². The second kappa shape index (κ2) is 7.93. The van der Waals surface area contributed by atoms with Gasteiger partial charge in [0.1, 0.15) is 11.9 Å². The van der Waals surface area contributed by atoms with E-state index in [-0.39, 0.29) is 33.7 Å². The summed E-state index contributed by atoms with van der Waals surface area (Å²) in [6.45, 7) is 0.868. The summed E-state index contributed by atoms with van der Waals surface area (Å²) in [5, 5.41) is 6.65. The van der Waals surface area contributed by atoms with Gasteiger partial charge in [-0.25, -0.2) is 9.78 Å². The van der Waals surface area contributed by atoms with Gasteiger partial charge in [-0.05, 0) is 31.7 Å². The van der Waals surface area contributed by atoms with Crippen molar-refractivity contribution in [3.8, 4) is 0 Å². The number of hydrogen-bond donors (Lipinski definition) is 2. The topological polar surface area (TPSA) is 83.6 Å². The van der Waals surface area contributed by atoms with Gasteiger partial charge in [-0.3, -0.25) is 4.79 Å². The average Bonchev–Trinajstić information content (AvgIpc) is 3.41. The van der Waals surface area contributed by atoms with E-state index in [9.17, 15) is 22.8 Å². The molecule has 0 bridgehead atoms. The lowest BCUT2D eigenvalue weighted by atomic mass is 10.0. The number of amides is 2. The van der Waals surface area contributed by atoms with Gasteiger partial charge in [0, 0.05) is 31.6 Å². The smallest absolute Gasteiger partial charge is 0.417 e. The Bertz CT molecular complexity index is 966. The molecule has 2 fully saturated rings. The number of fused-ring (bicyclic) bond motifs is 1. The lowest BCUT2D eigenvalue weighted by Gasteiger charge is -2.33. The SMILES string of the molecule is CNC(=O)c1csc2c(C(F)(F)F)cc(N3CCC(NC(=O)OC4CC4)CC3)nc12. The summed E-state index contributed by atoms with van der Waals surface area (Å²) >= 11 is 0.860. The molecule has 162 valence electrons. The van der Waals surface area contributed by atoms with E-state index in [1.54, 1.807) is 4.90 Å². The van der Waals surface area contributed by atoms with E-state index in [0.717, 1.165) is 30.2 Å². The molecule has 7 nitrogen and oxygen atoms in total. The Labute approximate surface area is 174 Å². The second-order valence-corrected chi connectivity index (χ2v) is 8.32. The van der Waals surface area contributed by atoms with Crippen LogP contribution in [0.25, 0.3) is 10.2 Å². The minimum absolute atomic E-state index is 0.0157. The van der Waals surface area contributed by atoms with Crippen molar-refractivity contribution in [2.75, 3.05) is 25.0 Å². The number of aromatic nitrogens is 1. The number of thiophene rings is 1. The van der Waals surface area contributed by atoms with E-state index in [2.05, 4.69) is 15.6 Å². The van der Waals surface area contributed by atoms with Crippen LogP contribution in [-0.2, 0) is 10.9 Å². The number of nitrogens with one attached hydrogen (secondary N) is 2. The second-order valence-electron chi connectivity index (χ2n) is 7.44. The number of alkyl halides is 3. The van der Waals surface area contributed by atoms with Gasteiger partial charge in [0.25, 0.3) is 5.91 Å². The average molecular weight is 442 g/mol. The molecular weight excluding hydrogens is 421 g/mol. The number of alkyl carbamates (subject to hydrolysis) is 1. The molecule has 1 aliphatic carbocycles. The third-order valence-electron chi connectivity index (χ3n) is 5.23. The van der Waals surface area contributed by atoms with Crippen molar-refractivity contribution >= 4 is 39.4 Å². The Balaban J connectivity index is 1.55. The first-order chi connectivity index (χ1) is 14.3. The van der Waals surface area contributed by atoms with E-state index in [4.69, 9.17) is 4.74 Å². The lowest BCUT2D eigenvalue weighted by molar-refractivity contribution is -0.136. The molecule has 2 N–H and O–H groups in total. The van der Waals surface area contributed by atoms with Crippen LogP contribution in [0.2, 0.25) is 0 Å². The van der Waals surface area contributed by atoms with Crippen molar-refractivity contribution in [1.82, 2.24) is 15.6 Å². The standard InChI is InChI=1S/C19H21F3N4O3S/c1-23-17(27)12-9-30-16-13(19(20,21)22)8-14(25-15(12)16)26-6-4-10(5-7-26)24-18(28)29-11-2-3-11/h8-11H,2-7H2,1H3,(H,23,27)(H,24,28). The fourth-order valence-electron chi connectivity index (χ4n) is 3.45. The van der Waals surface area contributed by atoms with E-state index in [1.165, 1.54) is 12.4 Å². The predicted octanol–water partition coefficient (Wildman–Crippen LogP) is 3.53. The maximum absolute atomic E-state index is 13.7. The highest BCUT2D eigenvalue weighted by atomic mass is 32.1. The first-order valence-electron chi connectivity index (χ1n) is 9.70. The number of nitrogens with zero attached hydrogens (tertiary/aromatic N) is 2. The van der Waals surface area contributed by atoms with Crippen LogP contribution in [0.3, 0.4) is 0 Å². The number of halogens is 3. The first-order valence-corrected chi connectivity index (χ1v) is 10.6. The van der Waals surface area contributed by atoms with Crippen LogP contribution in [0.1, 0.15) is 41.6 Å². The lowest BCUT2D eigenvalue weighted by Crippen LogP contribution is -2.45. The van der Waals surface area contributed by atoms with Gasteiger partial charge >= 0.3 is 12.3 Å². The number of carbonyl (C=O) groups is 2. The number of rotatable bonds is 4. The summed E-state index contributed by atoms with van der Waals surface area (Å²) in [6.07, 6.45) is -2.08. The highest BCUT2D eigenvalue weighted by Gasteiger charge is 2.36. The number of pyridine rings is 1. The summed E-state index contributed by atoms with van der Waals surface area (Å²) in [5.74, 6) is -0.298. The summed E-state index contributed by atoms with van der Waals surface area (Å²) in [5.41, 5.74) is -0.613. The van der Waals surface area contributed by atoms with Gasteiger partial charge in [0.2, 0.25) is 0 Å². The van der Waals surface area contributed by atoms with Crippen LogP contribution >= 0.6 is 11.3 Å². The molecule has 1 saturated heterocycles. The highest BCUT2D eigenvalue weighted by molar-refractivity contribution is 7.17. The van der Waals surface area contributed by atoms with Crippen LogP contribution in [0.4, 0.5) is 23.8 Å². The molecule has 4 rings (SSSR count). The summed E-state index contributed by atoms with van der Waals surface area (Å²) in [6, 6.07) is 0.947. The molecule has 0 atom stereocenters. The minimum Gasteiger partial charge on any atom is -0.446 e. The minimum atomic E-state index is -4.56. The van der Waals surface area contributed by atoms with Gasteiger partial charge in [0.05, 0.1) is 21.3 Å². The summed E-state index contributed by atoms with van der Waals surface area (Å²) < 4.78 is 46.1. The van der Waals surface area contributed by atoms with Crippen LogP contribution in [0.5, 0.6) is 0 Å². The summed E-state index contributed by atoms with van der Waals surface area (Å²) in [7, 11) is 1.42. The molecule has 2 amide bonds. The van der Waals surface area contributed by atoms with Crippen molar-refractivity contribution in [3.63, 3.8) is 0 Å². The van der Waals surface area contributed by atoms with Crippen molar-refractivity contribution in [3.05, 3.63) is 22.6 Å².